The smallest absolute Gasteiger partial charge is 0.351 e. The van der Waals surface area contributed by atoms with E-state index in [0.29, 0.717) is 52.3 Å². The molecule has 2 fully saturated rings. The quantitative estimate of drug-likeness (QED) is 0.104. The first kappa shape index (κ1) is 43.3. The second-order valence-electron chi connectivity index (χ2n) is 15.1. The van der Waals surface area contributed by atoms with E-state index >= 15 is 0 Å². The van der Waals surface area contributed by atoms with Crippen LogP contribution in [0.2, 0.25) is 0 Å². The number of aromatic hydroxyl groups is 2. The number of ether oxygens (including phenoxy) is 2. The number of aliphatic hydroxyl groups is 2. The molecule has 326 valence electrons. The van der Waals surface area contributed by atoms with E-state index in [1.807, 2.05) is 13.8 Å². The lowest BCUT2D eigenvalue weighted by Crippen LogP contribution is -2.42. The van der Waals surface area contributed by atoms with E-state index in [2.05, 4.69) is 25.8 Å². The third-order valence-electron chi connectivity index (χ3n) is 10.7. The van der Waals surface area contributed by atoms with Gasteiger partial charge in [-0.3, -0.25) is 23.5 Å². The standard InChI is InChI=1S/C42H44F2N8O10/c1-4-45-38(58)36-49-48-35(29-19-28(22(2)3)30(54)20-31(29)55)52(36)25-7-11-27(12-8-25)61-26-9-5-24(6-10-26)39(59)50-16-13-23(14-17-50)37(57)46-33-15-18-51(41(60)47-33)40-42(43,44)34(56)32(21-53)62-40/h5-12,15,18-20,22-23,32,34,40,53-56H,4,13-14,16-17,21H2,1-3H3,(H,45,58)(H,46,47,57,60). The van der Waals surface area contributed by atoms with E-state index in [0.717, 1.165) is 12.3 Å². The van der Waals surface area contributed by atoms with Crippen molar-refractivity contribution in [3.8, 4) is 40.1 Å². The Kier molecular flexibility index (Phi) is 12.4. The monoisotopic (exact) mass is 858 g/mol. The number of anilines is 1. The Balaban J connectivity index is 0.962. The molecular weight excluding hydrogens is 815 g/mol. The molecule has 0 bridgehead atoms. The summed E-state index contributed by atoms with van der Waals surface area (Å²) in [6, 6.07) is 17.2. The number of phenols is 2. The highest BCUT2D eigenvalue weighted by Gasteiger charge is 2.59. The van der Waals surface area contributed by atoms with Crippen molar-refractivity contribution in [3.63, 3.8) is 0 Å². The number of nitrogens with zero attached hydrogens (tertiary/aromatic N) is 6. The Morgan fingerprint density at radius 2 is 1.63 bits per heavy atom. The summed E-state index contributed by atoms with van der Waals surface area (Å²) in [5.41, 5.74) is 0.573. The summed E-state index contributed by atoms with van der Waals surface area (Å²) in [6.07, 6.45) is -4.54. The van der Waals surface area contributed by atoms with Crippen LogP contribution in [0.3, 0.4) is 0 Å². The van der Waals surface area contributed by atoms with E-state index in [1.54, 1.807) is 66.4 Å². The zero-order valence-corrected chi connectivity index (χ0v) is 33.7. The molecule has 7 rings (SSSR count). The molecule has 2 saturated heterocycles. The van der Waals surface area contributed by atoms with Crippen LogP contribution in [0.5, 0.6) is 23.0 Å². The van der Waals surface area contributed by atoms with Gasteiger partial charge in [-0.2, -0.15) is 13.8 Å². The highest BCUT2D eigenvalue weighted by atomic mass is 19.3. The van der Waals surface area contributed by atoms with E-state index in [4.69, 9.17) is 9.47 Å². The van der Waals surface area contributed by atoms with Crippen LogP contribution in [0.25, 0.3) is 17.1 Å². The summed E-state index contributed by atoms with van der Waals surface area (Å²) >= 11 is 0. The molecule has 3 atom stereocenters. The van der Waals surface area contributed by atoms with Gasteiger partial charge >= 0.3 is 11.6 Å². The lowest BCUT2D eigenvalue weighted by atomic mass is 9.95. The van der Waals surface area contributed by atoms with Gasteiger partial charge in [0.2, 0.25) is 18.0 Å². The number of carbonyl (C=O) groups excluding carboxylic acids is 3. The molecule has 6 N–H and O–H groups in total. The van der Waals surface area contributed by atoms with Crippen LogP contribution in [0.15, 0.2) is 77.7 Å². The fourth-order valence-electron chi connectivity index (χ4n) is 7.33. The molecule has 2 aromatic heterocycles. The van der Waals surface area contributed by atoms with Crippen LogP contribution < -0.4 is 21.1 Å². The third-order valence-corrected chi connectivity index (χ3v) is 10.7. The van der Waals surface area contributed by atoms with Crippen molar-refractivity contribution < 1.29 is 53.1 Å². The van der Waals surface area contributed by atoms with E-state index < -0.39 is 54.4 Å². The lowest BCUT2D eigenvalue weighted by molar-refractivity contribution is -0.141. The number of phenolic OH excluding ortho intramolecular Hbond substituents is 2. The summed E-state index contributed by atoms with van der Waals surface area (Å²) in [5, 5.41) is 53.8. The van der Waals surface area contributed by atoms with Crippen LogP contribution in [0.1, 0.15) is 72.3 Å². The van der Waals surface area contributed by atoms with Crippen LogP contribution in [-0.2, 0) is 9.53 Å². The lowest BCUT2D eigenvalue weighted by Gasteiger charge is -2.31. The molecule has 18 nitrogen and oxygen atoms in total. The molecule has 0 aliphatic carbocycles. The van der Waals surface area contributed by atoms with Gasteiger partial charge in [0.15, 0.2) is 11.9 Å². The normalized spacial score (nSPS) is 18.8. The van der Waals surface area contributed by atoms with Crippen LogP contribution in [-0.4, -0.2) is 112 Å². The van der Waals surface area contributed by atoms with Crippen LogP contribution in [0.4, 0.5) is 14.6 Å². The first-order valence-electron chi connectivity index (χ1n) is 19.8. The number of hydrogen-bond acceptors (Lipinski definition) is 13. The van der Waals surface area contributed by atoms with Crippen molar-refractivity contribution in [3.05, 3.63) is 100 Å². The molecular formula is C42H44F2N8O10. The maximum absolute atomic E-state index is 14.5. The summed E-state index contributed by atoms with van der Waals surface area (Å²) in [5.74, 6) is -5.12. The number of piperidine rings is 1. The summed E-state index contributed by atoms with van der Waals surface area (Å²) in [6.45, 7) is 5.54. The molecule has 4 heterocycles. The summed E-state index contributed by atoms with van der Waals surface area (Å²) in [7, 11) is 0. The number of rotatable bonds is 12. The highest BCUT2D eigenvalue weighted by Crippen LogP contribution is 2.42. The van der Waals surface area contributed by atoms with Gasteiger partial charge < -0.3 is 45.4 Å². The van der Waals surface area contributed by atoms with E-state index in [9.17, 15) is 48.4 Å². The van der Waals surface area contributed by atoms with Gasteiger partial charge in [-0.15, -0.1) is 10.2 Å². The molecule has 2 aliphatic heterocycles. The average Bonchev–Trinajstić information content (AvgIpc) is 3.79. The predicted octanol–water partition coefficient (Wildman–Crippen LogP) is 3.94. The number of benzene rings is 3. The number of halogens is 2. The summed E-state index contributed by atoms with van der Waals surface area (Å²) < 4.78 is 42.1. The number of aromatic nitrogens is 5. The predicted molar refractivity (Wildman–Crippen MR) is 216 cm³/mol. The minimum Gasteiger partial charge on any atom is -0.508 e. The molecule has 20 heteroatoms. The number of carbonyl (C=O) groups is 3. The van der Waals surface area contributed by atoms with Crippen molar-refractivity contribution in [1.82, 2.24) is 34.5 Å². The number of amides is 3. The second kappa shape index (κ2) is 17.7. The number of nitrogens with one attached hydrogen (secondary N) is 2. The molecule has 2 aliphatic rings. The van der Waals surface area contributed by atoms with Crippen molar-refractivity contribution >= 4 is 23.5 Å². The Hall–Kier alpha value is -6.77. The largest absolute Gasteiger partial charge is 0.508 e. The third kappa shape index (κ3) is 8.56. The minimum atomic E-state index is -3.88. The molecule has 0 radical (unpaired) electrons. The zero-order chi connectivity index (χ0) is 44.5. The van der Waals surface area contributed by atoms with Crippen molar-refractivity contribution in [2.24, 2.45) is 5.92 Å². The Labute approximate surface area is 352 Å². The highest BCUT2D eigenvalue weighted by molar-refractivity contribution is 5.95. The van der Waals surface area contributed by atoms with E-state index in [-0.39, 0.29) is 59.4 Å². The van der Waals surface area contributed by atoms with Crippen molar-refractivity contribution in [1.29, 1.82) is 0 Å². The maximum atomic E-state index is 14.5. The Bertz CT molecular complexity index is 2520. The number of aliphatic hydroxyl groups excluding tert-OH is 2. The van der Waals surface area contributed by atoms with Crippen molar-refractivity contribution in [2.75, 3.05) is 31.6 Å². The zero-order valence-electron chi connectivity index (χ0n) is 33.7. The van der Waals surface area contributed by atoms with Gasteiger partial charge in [0, 0.05) is 49.1 Å². The molecule has 62 heavy (non-hydrogen) atoms. The SMILES string of the molecule is CCNC(=O)c1nnc(-c2cc(C(C)C)c(O)cc2O)n1-c1ccc(Oc2ccc(C(=O)N3CCC(C(=O)Nc4ccn(C5OC(CO)C(O)C5(F)F)c(=O)n4)CC3)cc2)cc1. The molecule has 0 spiro atoms. The summed E-state index contributed by atoms with van der Waals surface area (Å²) in [4.78, 5) is 57.3. The fraction of sp³-hybridized carbons (Fsp3) is 0.357. The Morgan fingerprint density at radius 3 is 2.23 bits per heavy atom. The minimum absolute atomic E-state index is 0.0190. The topological polar surface area (TPSA) is 243 Å². The van der Waals surface area contributed by atoms with Gasteiger partial charge in [-0.25, -0.2) is 4.79 Å². The van der Waals surface area contributed by atoms with Gasteiger partial charge in [0.25, 0.3) is 11.8 Å². The number of alkyl halides is 2. The molecule has 3 amide bonds. The second-order valence-corrected chi connectivity index (χ2v) is 15.1. The number of hydrogen-bond donors (Lipinski definition) is 6. The van der Waals surface area contributed by atoms with Gasteiger partial charge in [0.05, 0.1) is 12.2 Å². The Morgan fingerprint density at radius 1 is 0.968 bits per heavy atom. The molecule has 5 aromatic rings. The van der Waals surface area contributed by atoms with Crippen LogP contribution >= 0.6 is 0 Å². The molecule has 0 saturated carbocycles. The first-order chi connectivity index (χ1) is 29.6. The van der Waals surface area contributed by atoms with Gasteiger partial charge in [-0.1, -0.05) is 13.8 Å². The van der Waals surface area contributed by atoms with Crippen LogP contribution in [0, 0.1) is 5.92 Å². The van der Waals surface area contributed by atoms with Gasteiger partial charge in [-0.05, 0) is 91.9 Å². The molecule has 3 aromatic carbocycles. The first-order valence-corrected chi connectivity index (χ1v) is 19.8. The molecule has 3 unspecified atom stereocenters. The number of likely N-dealkylation sites (tertiary alicyclic amines) is 1. The van der Waals surface area contributed by atoms with Gasteiger partial charge in [0.1, 0.15) is 34.9 Å². The fourth-order valence-corrected chi connectivity index (χ4v) is 7.33. The van der Waals surface area contributed by atoms with Crippen molar-refractivity contribution in [2.45, 2.75) is 63.9 Å². The maximum Gasteiger partial charge on any atom is 0.351 e. The average molecular weight is 859 g/mol. The van der Waals surface area contributed by atoms with E-state index in [1.165, 1.54) is 10.6 Å².